The lowest BCUT2D eigenvalue weighted by atomic mass is 9.87. The maximum Gasteiger partial charge on any atom is 0.408 e. The number of carbonyl (C=O) groups excluding carboxylic acids is 3. The Morgan fingerprint density at radius 2 is 1.76 bits per heavy atom. The Labute approximate surface area is 305 Å². The number of fused-ring (bicyclic) bond motifs is 1. The number of H-pyrrole nitrogens is 1. The van der Waals surface area contributed by atoms with Gasteiger partial charge in [0.2, 0.25) is 5.91 Å². The fourth-order valence-electron chi connectivity index (χ4n) is 8.17. The topological polar surface area (TPSA) is 131 Å². The number of ether oxygens (including phenoxy) is 2. The second kappa shape index (κ2) is 19.4. The fourth-order valence-corrected chi connectivity index (χ4v) is 8.17. The summed E-state index contributed by atoms with van der Waals surface area (Å²) >= 11 is 0. The highest BCUT2D eigenvalue weighted by molar-refractivity contribution is 5.93. The molecule has 51 heavy (non-hydrogen) atoms. The smallest absolute Gasteiger partial charge is 0.408 e. The predicted octanol–water partition coefficient (Wildman–Crippen LogP) is 8.29. The van der Waals surface area contributed by atoms with Gasteiger partial charge in [0, 0.05) is 18.5 Å². The lowest BCUT2D eigenvalue weighted by molar-refractivity contribution is -0.141. The van der Waals surface area contributed by atoms with E-state index in [9.17, 15) is 19.2 Å². The average molecular weight is 709 g/mol. The molecule has 1 aromatic carbocycles. The molecule has 284 valence electrons. The van der Waals surface area contributed by atoms with Gasteiger partial charge >= 0.3 is 6.09 Å². The minimum absolute atomic E-state index is 0.0910. The number of hydrogen-bond acceptors (Lipinski definition) is 7. The van der Waals surface area contributed by atoms with E-state index in [0.717, 1.165) is 76.1 Å². The first-order valence-electron chi connectivity index (χ1n) is 19.9. The Hall–Kier alpha value is -3.43. The number of unbranched alkanes of at least 4 members (excludes halogenated alkanes) is 8. The number of aromatic nitrogens is 2. The molecule has 10 nitrogen and oxygen atoms in total. The maximum absolute atomic E-state index is 14.0. The minimum atomic E-state index is -0.710. The summed E-state index contributed by atoms with van der Waals surface area (Å²) in [6.07, 6.45) is 15.7. The van der Waals surface area contributed by atoms with E-state index in [1.54, 1.807) is 18.1 Å². The highest BCUT2D eigenvalue weighted by Gasteiger charge is 2.44. The zero-order valence-corrected chi connectivity index (χ0v) is 32.2. The van der Waals surface area contributed by atoms with E-state index in [1.807, 2.05) is 39.8 Å². The molecular formula is C41H64N4O6. The summed E-state index contributed by atoms with van der Waals surface area (Å²) in [4.78, 5) is 62.7. The van der Waals surface area contributed by atoms with Crippen LogP contribution in [-0.4, -0.2) is 64.0 Å². The molecule has 2 heterocycles. The number of amides is 2. The predicted molar refractivity (Wildman–Crippen MR) is 202 cm³/mol. The molecule has 5 atom stereocenters. The van der Waals surface area contributed by atoms with Crippen molar-refractivity contribution in [3.63, 3.8) is 0 Å². The average Bonchev–Trinajstić information content (AvgIpc) is 3.67. The van der Waals surface area contributed by atoms with E-state index < -0.39 is 23.8 Å². The summed E-state index contributed by atoms with van der Waals surface area (Å²) in [5.74, 6) is 0.775. The fraction of sp³-hybridized carbons (Fsp3) is 0.732. The number of aromatic amines is 1. The van der Waals surface area contributed by atoms with E-state index in [-0.39, 0.29) is 35.0 Å². The maximum atomic E-state index is 14.0. The van der Waals surface area contributed by atoms with Crippen LogP contribution in [0.2, 0.25) is 0 Å². The van der Waals surface area contributed by atoms with E-state index in [4.69, 9.17) is 9.47 Å². The van der Waals surface area contributed by atoms with Crippen LogP contribution in [0.1, 0.15) is 143 Å². The highest BCUT2D eigenvalue weighted by Crippen LogP contribution is 2.41. The van der Waals surface area contributed by atoms with Crippen LogP contribution >= 0.6 is 0 Å². The Bertz CT molecular complexity index is 1510. The summed E-state index contributed by atoms with van der Waals surface area (Å²) in [6, 6.07) is 4.33. The number of ketones is 1. The number of methoxy groups -OCH3 is 1. The second-order valence-electron chi connectivity index (χ2n) is 15.7. The van der Waals surface area contributed by atoms with Gasteiger partial charge in [-0.3, -0.25) is 14.4 Å². The van der Waals surface area contributed by atoms with Gasteiger partial charge in [0.05, 0.1) is 24.2 Å². The lowest BCUT2D eigenvalue weighted by Gasteiger charge is -2.34. The Kier molecular flexibility index (Phi) is 15.4. The van der Waals surface area contributed by atoms with Crippen molar-refractivity contribution < 1.29 is 23.9 Å². The normalized spacial score (nSPS) is 22.4. The molecule has 2 N–H and O–H groups in total. The van der Waals surface area contributed by atoms with Crippen LogP contribution in [0.5, 0.6) is 5.75 Å². The molecule has 2 amide bonds. The molecule has 0 bridgehead atoms. The highest BCUT2D eigenvalue weighted by atomic mass is 16.6. The number of Topliss-reactive ketones (excluding diaryl/α,β-unsaturated/α-hetero) is 1. The molecule has 1 aliphatic heterocycles. The summed E-state index contributed by atoms with van der Waals surface area (Å²) in [6.45, 7) is 10.6. The molecule has 2 aromatic rings. The summed E-state index contributed by atoms with van der Waals surface area (Å²) in [5, 5.41) is 2.99. The van der Waals surface area contributed by atoms with Crippen molar-refractivity contribution in [2.24, 2.45) is 17.8 Å². The zero-order chi connectivity index (χ0) is 37.0. The zero-order valence-electron chi connectivity index (χ0n) is 32.2. The first-order chi connectivity index (χ1) is 24.5. The van der Waals surface area contributed by atoms with Crippen molar-refractivity contribution in [2.45, 2.75) is 161 Å². The largest absolute Gasteiger partial charge is 0.497 e. The molecule has 1 saturated carbocycles. The molecule has 1 saturated heterocycles. The van der Waals surface area contributed by atoms with Crippen LogP contribution in [-0.2, 0) is 20.7 Å². The van der Waals surface area contributed by atoms with Gasteiger partial charge in [-0.15, -0.1) is 0 Å². The van der Waals surface area contributed by atoms with Crippen molar-refractivity contribution >= 4 is 28.8 Å². The first kappa shape index (κ1) is 40.3. The van der Waals surface area contributed by atoms with E-state index in [1.165, 1.54) is 25.7 Å². The van der Waals surface area contributed by atoms with Gasteiger partial charge in [-0.25, -0.2) is 9.78 Å². The number of likely N-dealkylation sites (tertiary alicyclic amines) is 1. The first-order valence-corrected chi connectivity index (χ1v) is 19.9. The van der Waals surface area contributed by atoms with Gasteiger partial charge in [-0.1, -0.05) is 85.5 Å². The van der Waals surface area contributed by atoms with Crippen molar-refractivity contribution in [3.8, 4) is 5.75 Å². The van der Waals surface area contributed by atoms with Gasteiger partial charge in [0.25, 0.3) is 5.56 Å². The van der Waals surface area contributed by atoms with Crippen molar-refractivity contribution in [2.75, 3.05) is 13.7 Å². The quantitative estimate of drug-likeness (QED) is 0.132. The van der Waals surface area contributed by atoms with Crippen LogP contribution in [0.15, 0.2) is 23.0 Å². The van der Waals surface area contributed by atoms with Crippen LogP contribution in [0.25, 0.3) is 11.0 Å². The van der Waals surface area contributed by atoms with Crippen molar-refractivity contribution in [1.29, 1.82) is 0 Å². The van der Waals surface area contributed by atoms with Crippen LogP contribution < -0.4 is 15.6 Å². The Balaban J connectivity index is 1.31. The van der Waals surface area contributed by atoms with E-state index in [0.29, 0.717) is 36.3 Å². The summed E-state index contributed by atoms with van der Waals surface area (Å²) in [5.41, 5.74) is 1.18. The number of benzene rings is 1. The van der Waals surface area contributed by atoms with Crippen LogP contribution in [0.3, 0.4) is 0 Å². The minimum Gasteiger partial charge on any atom is -0.497 e. The molecule has 2 aliphatic rings. The number of alkyl carbamates (subject to hydrolysis) is 1. The number of rotatable bonds is 20. The van der Waals surface area contributed by atoms with Gasteiger partial charge < -0.3 is 24.7 Å². The number of nitrogens with zero attached hydrogens (tertiary/aromatic N) is 2. The SMILES string of the molecule is CCCCCCCCCC(NC(=O)OC1(C)CCCC1CCCCCc1nc2ccc(OC)cc2[nH]c1=O)C(=O)N1CCC(C)C1C(=O)C(C)C. The standard InChI is InChI=1S/C41H64N4O6/c1-7-8-9-10-11-12-15-21-34(39(48)45-26-24-29(4)36(45)37(46)28(2)3)44-40(49)51-41(5)25-17-19-30(41)18-14-13-16-20-33-38(47)43-35-27-31(50-6)22-23-32(35)42-33/h22-23,27-30,34,36H,7-21,24-26H2,1-6H3,(H,43,47)(H,44,49). The molecule has 1 aliphatic carbocycles. The molecule has 5 unspecified atom stereocenters. The summed E-state index contributed by atoms with van der Waals surface area (Å²) in [7, 11) is 1.59. The monoisotopic (exact) mass is 708 g/mol. The third-order valence-electron chi connectivity index (χ3n) is 11.4. The Morgan fingerprint density at radius 3 is 2.49 bits per heavy atom. The van der Waals surface area contributed by atoms with Gasteiger partial charge in [0.1, 0.15) is 23.1 Å². The third-order valence-corrected chi connectivity index (χ3v) is 11.4. The van der Waals surface area contributed by atoms with Gasteiger partial charge in [-0.2, -0.15) is 0 Å². The molecule has 1 aromatic heterocycles. The molecule has 0 spiro atoms. The number of nitrogens with one attached hydrogen (secondary N) is 2. The Morgan fingerprint density at radius 1 is 1.04 bits per heavy atom. The van der Waals surface area contributed by atoms with Crippen LogP contribution in [0, 0.1) is 17.8 Å². The lowest BCUT2D eigenvalue weighted by Crippen LogP contribution is -2.54. The van der Waals surface area contributed by atoms with Gasteiger partial charge in [-0.05, 0) is 82.3 Å². The van der Waals surface area contributed by atoms with E-state index >= 15 is 0 Å². The summed E-state index contributed by atoms with van der Waals surface area (Å²) < 4.78 is 11.5. The van der Waals surface area contributed by atoms with Gasteiger partial charge in [0.15, 0.2) is 5.78 Å². The molecule has 10 heteroatoms. The number of hydrogen-bond donors (Lipinski definition) is 2. The molecule has 4 rings (SSSR count). The van der Waals surface area contributed by atoms with Crippen molar-refractivity contribution in [1.82, 2.24) is 20.2 Å². The number of carbonyl (C=O) groups is 3. The molecule has 2 fully saturated rings. The molecule has 0 radical (unpaired) electrons. The van der Waals surface area contributed by atoms with E-state index in [2.05, 4.69) is 22.2 Å². The third kappa shape index (κ3) is 11.0. The molecular weight excluding hydrogens is 644 g/mol. The van der Waals surface area contributed by atoms with Crippen LogP contribution in [0.4, 0.5) is 4.79 Å². The number of aryl methyl sites for hydroxylation is 1. The van der Waals surface area contributed by atoms with Crippen molar-refractivity contribution in [3.05, 3.63) is 34.2 Å². The second-order valence-corrected chi connectivity index (χ2v) is 15.7.